The van der Waals surface area contributed by atoms with Crippen LogP contribution in [0.15, 0.2) is 57.8 Å². The van der Waals surface area contributed by atoms with E-state index in [9.17, 15) is 23.1 Å². The van der Waals surface area contributed by atoms with Crippen LogP contribution in [0.4, 0.5) is 16.2 Å². The van der Waals surface area contributed by atoms with Crippen molar-refractivity contribution in [2.24, 2.45) is 5.92 Å². The molecule has 1 heterocycles. The number of methoxy groups -OCH3 is 3. The third-order valence-corrected chi connectivity index (χ3v) is 7.59. The van der Waals surface area contributed by atoms with Gasteiger partial charge in [-0.1, -0.05) is 13.8 Å². The first-order valence-electron chi connectivity index (χ1n) is 12.1. The lowest BCUT2D eigenvalue weighted by Crippen LogP contribution is -2.44. The molecule has 4 aromatic rings. The molecule has 13 heteroatoms. The summed E-state index contributed by atoms with van der Waals surface area (Å²) in [4.78, 5) is 24.1. The predicted octanol–water partition coefficient (Wildman–Crippen LogP) is 4.64. The molecule has 1 unspecified atom stereocenters. The van der Waals surface area contributed by atoms with Crippen LogP contribution in [0.5, 0.6) is 17.2 Å². The number of benzene rings is 3. The molecule has 0 saturated carbocycles. The van der Waals surface area contributed by atoms with Crippen molar-refractivity contribution in [3.05, 3.63) is 48.5 Å². The van der Waals surface area contributed by atoms with E-state index in [2.05, 4.69) is 15.4 Å². The monoisotopic (exact) mass is 571 g/mol. The minimum Gasteiger partial charge on any atom is -0.493 e. The fraction of sp³-hybridized carbons (Fsp3) is 0.259. The molecule has 0 aliphatic carbocycles. The smallest absolute Gasteiger partial charge is 0.323 e. The number of furan rings is 1. The zero-order chi connectivity index (χ0) is 29.2. The van der Waals surface area contributed by atoms with Gasteiger partial charge in [0.05, 0.1) is 31.9 Å². The average molecular weight is 572 g/mol. The van der Waals surface area contributed by atoms with Gasteiger partial charge in [-0.15, -0.1) is 0 Å². The topological polar surface area (TPSA) is 165 Å². The number of carboxylic acids is 1. The van der Waals surface area contributed by atoms with E-state index in [4.69, 9.17) is 18.6 Å². The Kier molecular flexibility index (Phi) is 8.07. The Labute approximate surface area is 230 Å². The predicted molar refractivity (Wildman–Crippen MR) is 149 cm³/mol. The van der Waals surface area contributed by atoms with Crippen molar-refractivity contribution in [1.82, 2.24) is 4.72 Å². The van der Waals surface area contributed by atoms with E-state index < -0.39 is 34.0 Å². The lowest BCUT2D eigenvalue weighted by atomic mass is 10.1. The standard InChI is InChI=1S/C27H29N3O9S/c1-14(2)24(26(31)32)30-40(34,35)17-7-9-20-19(13-17)18-8-6-15(10-21(18)39-20)28-27(33)29-16-11-22(36-3)25(38-5)23(12-16)37-4/h6-14,24,30H,1-5H3,(H,31,32)(H2,28,29,33). The average Bonchev–Trinajstić information content (AvgIpc) is 3.27. The minimum absolute atomic E-state index is 0.0958. The number of nitrogens with one attached hydrogen (secondary N) is 3. The van der Waals surface area contributed by atoms with Crippen LogP contribution in [-0.4, -0.2) is 52.9 Å². The molecule has 0 aliphatic rings. The van der Waals surface area contributed by atoms with Crippen LogP contribution in [0.3, 0.4) is 0 Å². The molecule has 0 aliphatic heterocycles. The normalized spacial score (nSPS) is 12.3. The van der Waals surface area contributed by atoms with Gasteiger partial charge in [0, 0.05) is 34.7 Å². The second kappa shape index (κ2) is 11.3. The molecular formula is C27H29N3O9S. The Morgan fingerprint density at radius 3 is 2.05 bits per heavy atom. The molecule has 1 atom stereocenters. The number of ether oxygens (including phenoxy) is 3. The van der Waals surface area contributed by atoms with Crippen LogP contribution in [0.2, 0.25) is 0 Å². The molecule has 0 saturated heterocycles. The molecule has 4 N–H and O–H groups in total. The summed E-state index contributed by atoms with van der Waals surface area (Å²) in [7, 11) is 0.298. The highest BCUT2D eigenvalue weighted by molar-refractivity contribution is 7.89. The highest BCUT2D eigenvalue weighted by atomic mass is 32.2. The molecule has 0 fully saturated rings. The number of hydrogen-bond acceptors (Lipinski definition) is 8. The summed E-state index contributed by atoms with van der Waals surface area (Å²) in [5.74, 6) is -0.578. The van der Waals surface area contributed by atoms with Gasteiger partial charge in [0.15, 0.2) is 11.5 Å². The zero-order valence-electron chi connectivity index (χ0n) is 22.4. The van der Waals surface area contributed by atoms with E-state index in [1.165, 1.54) is 39.5 Å². The van der Waals surface area contributed by atoms with Crippen LogP contribution >= 0.6 is 0 Å². The number of carboxylic acid groups (broad SMARTS) is 1. The number of carbonyl (C=O) groups excluding carboxylic acids is 1. The van der Waals surface area contributed by atoms with E-state index in [1.54, 1.807) is 44.2 Å². The first-order chi connectivity index (χ1) is 19.0. The maximum Gasteiger partial charge on any atom is 0.323 e. The van der Waals surface area contributed by atoms with Gasteiger partial charge in [-0.3, -0.25) is 4.79 Å². The number of sulfonamides is 1. The van der Waals surface area contributed by atoms with Crippen LogP contribution in [0.1, 0.15) is 13.8 Å². The number of hydrogen-bond donors (Lipinski definition) is 4. The largest absolute Gasteiger partial charge is 0.493 e. The third-order valence-electron chi connectivity index (χ3n) is 6.15. The summed E-state index contributed by atoms with van der Waals surface area (Å²) in [6.45, 7) is 3.23. The van der Waals surface area contributed by atoms with E-state index in [1.807, 2.05) is 0 Å². The second-order valence-corrected chi connectivity index (χ2v) is 10.9. The van der Waals surface area contributed by atoms with Gasteiger partial charge in [0.25, 0.3) is 0 Å². The lowest BCUT2D eigenvalue weighted by molar-refractivity contribution is -0.140. The SMILES string of the molecule is COc1cc(NC(=O)Nc2ccc3c(c2)oc2ccc(S(=O)(=O)NC(C(=O)O)C(C)C)cc23)cc(OC)c1OC. The van der Waals surface area contributed by atoms with E-state index in [-0.39, 0.29) is 4.90 Å². The number of aliphatic carboxylic acids is 1. The number of anilines is 2. The van der Waals surface area contributed by atoms with E-state index in [0.29, 0.717) is 50.6 Å². The number of carbonyl (C=O) groups is 2. The summed E-state index contributed by atoms with van der Waals surface area (Å²) in [6.07, 6.45) is 0. The maximum absolute atomic E-state index is 12.9. The third kappa shape index (κ3) is 5.75. The Balaban J connectivity index is 1.57. The van der Waals surface area contributed by atoms with Gasteiger partial charge in [-0.25, -0.2) is 13.2 Å². The summed E-state index contributed by atoms with van der Waals surface area (Å²) in [5, 5.41) is 15.9. The van der Waals surface area contributed by atoms with Crippen molar-refractivity contribution >= 4 is 55.3 Å². The van der Waals surface area contributed by atoms with Gasteiger partial charge in [0.2, 0.25) is 15.8 Å². The Morgan fingerprint density at radius 2 is 1.48 bits per heavy atom. The van der Waals surface area contributed by atoms with Gasteiger partial charge >= 0.3 is 12.0 Å². The van der Waals surface area contributed by atoms with Gasteiger partial charge < -0.3 is 34.4 Å². The number of fused-ring (bicyclic) bond motifs is 3. The van der Waals surface area contributed by atoms with Crippen molar-refractivity contribution in [3.63, 3.8) is 0 Å². The summed E-state index contributed by atoms with van der Waals surface area (Å²) < 4.78 is 49.9. The quantitative estimate of drug-likeness (QED) is 0.212. The molecule has 0 bridgehead atoms. The van der Waals surface area contributed by atoms with Crippen LogP contribution in [0.25, 0.3) is 21.9 Å². The Hall–Kier alpha value is -4.49. The second-order valence-electron chi connectivity index (χ2n) is 9.15. The van der Waals surface area contributed by atoms with E-state index >= 15 is 0 Å². The molecule has 2 amide bonds. The number of urea groups is 1. The van der Waals surface area contributed by atoms with Crippen molar-refractivity contribution in [3.8, 4) is 17.2 Å². The molecule has 3 aromatic carbocycles. The van der Waals surface area contributed by atoms with E-state index in [0.717, 1.165) is 0 Å². The minimum atomic E-state index is -4.12. The van der Waals surface area contributed by atoms with Crippen molar-refractivity contribution in [2.75, 3.05) is 32.0 Å². The van der Waals surface area contributed by atoms with Gasteiger partial charge in [-0.05, 0) is 36.2 Å². The summed E-state index contributed by atoms with van der Waals surface area (Å²) in [6, 6.07) is 10.6. The maximum atomic E-state index is 12.9. The van der Waals surface area contributed by atoms with Crippen molar-refractivity contribution < 1.29 is 41.7 Å². The van der Waals surface area contributed by atoms with Gasteiger partial charge in [0.1, 0.15) is 17.2 Å². The fourth-order valence-electron chi connectivity index (χ4n) is 4.15. The first kappa shape index (κ1) is 28.5. The molecule has 4 rings (SSSR count). The summed E-state index contributed by atoms with van der Waals surface area (Å²) >= 11 is 0. The first-order valence-corrected chi connectivity index (χ1v) is 13.5. The Bertz CT molecular complexity index is 1670. The van der Waals surface area contributed by atoms with Crippen LogP contribution in [-0.2, 0) is 14.8 Å². The fourth-order valence-corrected chi connectivity index (χ4v) is 5.52. The molecular weight excluding hydrogens is 542 g/mol. The highest BCUT2D eigenvalue weighted by Crippen LogP contribution is 2.40. The Morgan fingerprint density at radius 1 is 0.825 bits per heavy atom. The number of amides is 2. The zero-order valence-corrected chi connectivity index (χ0v) is 23.2. The van der Waals surface area contributed by atoms with Crippen molar-refractivity contribution in [1.29, 1.82) is 0 Å². The van der Waals surface area contributed by atoms with Crippen molar-refractivity contribution in [2.45, 2.75) is 24.8 Å². The highest BCUT2D eigenvalue weighted by Gasteiger charge is 2.28. The summed E-state index contributed by atoms with van der Waals surface area (Å²) in [5.41, 5.74) is 1.66. The van der Waals surface area contributed by atoms with Gasteiger partial charge in [-0.2, -0.15) is 4.72 Å². The van der Waals surface area contributed by atoms with Crippen LogP contribution < -0.4 is 29.6 Å². The molecule has 0 spiro atoms. The molecule has 40 heavy (non-hydrogen) atoms. The molecule has 12 nitrogen and oxygen atoms in total. The van der Waals surface area contributed by atoms with Crippen LogP contribution in [0, 0.1) is 5.92 Å². The molecule has 212 valence electrons. The molecule has 0 radical (unpaired) electrons. The molecule has 1 aromatic heterocycles. The lowest BCUT2D eigenvalue weighted by Gasteiger charge is -2.17. The number of rotatable bonds is 10.